The molecule has 0 saturated heterocycles. The summed E-state index contributed by atoms with van der Waals surface area (Å²) in [4.78, 5) is 47.4. The summed E-state index contributed by atoms with van der Waals surface area (Å²) in [6.45, 7) is 7.04. The van der Waals surface area contributed by atoms with Crippen LogP contribution in [0, 0.1) is 12.8 Å². The van der Waals surface area contributed by atoms with E-state index in [1.54, 1.807) is 18.0 Å². The van der Waals surface area contributed by atoms with Crippen molar-refractivity contribution in [1.29, 1.82) is 0 Å². The van der Waals surface area contributed by atoms with Crippen molar-refractivity contribution >= 4 is 16.9 Å². The van der Waals surface area contributed by atoms with E-state index in [1.807, 2.05) is 45.0 Å². The minimum Gasteiger partial charge on any atom is -0.492 e. The Morgan fingerprint density at radius 3 is 2.70 bits per heavy atom. The molecule has 0 unspecified atom stereocenters. The summed E-state index contributed by atoms with van der Waals surface area (Å²) in [7, 11) is 1.68. The second-order valence-corrected chi connectivity index (χ2v) is 9.22. The first-order valence-electron chi connectivity index (χ1n) is 11.4. The number of aryl methyl sites for hydroxylation is 1. The number of nitrogens with zero attached hydrogens (tertiary/aromatic N) is 3. The van der Waals surface area contributed by atoms with Crippen LogP contribution in [-0.4, -0.2) is 45.5 Å². The summed E-state index contributed by atoms with van der Waals surface area (Å²) in [6, 6.07) is 9.45. The highest BCUT2D eigenvalue weighted by molar-refractivity contribution is 6.05. The van der Waals surface area contributed by atoms with Crippen LogP contribution in [0.4, 0.5) is 0 Å². The van der Waals surface area contributed by atoms with Crippen LogP contribution in [0.2, 0.25) is 0 Å². The van der Waals surface area contributed by atoms with Gasteiger partial charge in [0.1, 0.15) is 12.4 Å². The van der Waals surface area contributed by atoms with E-state index < -0.39 is 11.2 Å². The Morgan fingerprint density at radius 1 is 1.27 bits per heavy atom. The first-order chi connectivity index (χ1) is 15.7. The van der Waals surface area contributed by atoms with Crippen molar-refractivity contribution in [3.8, 4) is 5.75 Å². The van der Waals surface area contributed by atoms with Gasteiger partial charge in [-0.05, 0) is 49.4 Å². The lowest BCUT2D eigenvalue weighted by Gasteiger charge is -2.20. The largest absolute Gasteiger partial charge is 0.492 e. The average Bonchev–Trinajstić information content (AvgIpc) is 3.60. The molecule has 0 aliphatic heterocycles. The number of carbonyl (C=O) groups is 1. The molecule has 33 heavy (non-hydrogen) atoms. The van der Waals surface area contributed by atoms with Crippen molar-refractivity contribution < 1.29 is 9.53 Å². The molecular formula is C25H30N4O4. The van der Waals surface area contributed by atoms with Crippen LogP contribution in [-0.2, 0) is 6.54 Å². The molecule has 1 amide bonds. The second-order valence-electron chi connectivity index (χ2n) is 9.22. The molecule has 1 saturated carbocycles. The fourth-order valence-corrected chi connectivity index (χ4v) is 3.90. The molecular weight excluding hydrogens is 420 g/mol. The van der Waals surface area contributed by atoms with Gasteiger partial charge in [-0.1, -0.05) is 26.0 Å². The number of hydrogen-bond donors (Lipinski definition) is 1. The minimum atomic E-state index is -0.586. The Balaban J connectivity index is 1.67. The maximum atomic E-state index is 13.4. The molecule has 4 rings (SSSR count). The normalized spacial score (nSPS) is 13.5. The highest BCUT2D eigenvalue weighted by Crippen LogP contribution is 2.40. The summed E-state index contributed by atoms with van der Waals surface area (Å²) in [5.41, 5.74) is 1.34. The monoisotopic (exact) mass is 450 g/mol. The zero-order chi connectivity index (χ0) is 23.7. The zero-order valence-corrected chi connectivity index (χ0v) is 19.6. The summed E-state index contributed by atoms with van der Waals surface area (Å²) in [5, 5.41) is 0.163. The van der Waals surface area contributed by atoms with Gasteiger partial charge in [0.25, 0.3) is 11.5 Å². The minimum absolute atomic E-state index is 0.163. The molecule has 1 N–H and O–H groups in total. The number of H-pyrrole nitrogens is 1. The molecule has 0 bridgehead atoms. The predicted octanol–water partition coefficient (Wildman–Crippen LogP) is 3.08. The van der Waals surface area contributed by atoms with Crippen molar-refractivity contribution in [2.45, 2.75) is 46.1 Å². The maximum absolute atomic E-state index is 13.4. The van der Waals surface area contributed by atoms with E-state index in [1.165, 1.54) is 4.57 Å². The Hall–Kier alpha value is -3.42. The van der Waals surface area contributed by atoms with Gasteiger partial charge in [-0.3, -0.25) is 19.1 Å². The van der Waals surface area contributed by atoms with Crippen molar-refractivity contribution in [3.05, 3.63) is 68.0 Å². The van der Waals surface area contributed by atoms with E-state index in [2.05, 4.69) is 9.97 Å². The smallest absolute Gasteiger partial charge is 0.330 e. The third-order valence-corrected chi connectivity index (χ3v) is 5.77. The van der Waals surface area contributed by atoms with Crippen molar-refractivity contribution in [2.75, 3.05) is 20.2 Å². The number of aromatic nitrogens is 3. The molecule has 1 aliphatic rings. The molecule has 1 aliphatic carbocycles. The first kappa shape index (κ1) is 22.8. The molecule has 1 aromatic carbocycles. The van der Waals surface area contributed by atoms with E-state index in [0.717, 1.165) is 29.8 Å². The molecule has 0 spiro atoms. The Labute approximate surface area is 192 Å². The molecule has 8 nitrogen and oxygen atoms in total. The number of pyridine rings is 1. The number of benzene rings is 1. The predicted molar refractivity (Wildman–Crippen MR) is 127 cm³/mol. The molecule has 174 valence electrons. The number of ether oxygens (including phenoxy) is 1. The standard InChI is InChI=1S/C25H30N4O4/c1-15(2)14-29-22-21(23(30)27-25(29)32)19(13-20(26-22)17-8-9-17)24(31)28(4)10-11-33-18-7-5-6-16(3)12-18/h5-7,12-13,15,17H,8-11,14H2,1-4H3,(H,27,30,32). The number of likely N-dealkylation sites (N-methyl/N-ethyl adjacent to an activating group) is 1. The van der Waals surface area contributed by atoms with Gasteiger partial charge in [0.05, 0.1) is 17.5 Å². The number of hydrogen-bond acceptors (Lipinski definition) is 5. The molecule has 0 atom stereocenters. The number of fused-ring (bicyclic) bond motifs is 1. The van der Waals surface area contributed by atoms with Gasteiger partial charge in [-0.15, -0.1) is 0 Å². The van der Waals surface area contributed by atoms with Crippen LogP contribution < -0.4 is 16.0 Å². The van der Waals surface area contributed by atoms with E-state index >= 15 is 0 Å². The maximum Gasteiger partial charge on any atom is 0.330 e. The zero-order valence-electron chi connectivity index (χ0n) is 19.6. The summed E-state index contributed by atoms with van der Waals surface area (Å²) in [5.74, 6) is 0.884. The van der Waals surface area contributed by atoms with Crippen molar-refractivity contribution in [1.82, 2.24) is 19.4 Å². The van der Waals surface area contributed by atoms with Gasteiger partial charge in [0.15, 0.2) is 5.65 Å². The Kier molecular flexibility index (Phi) is 6.35. The van der Waals surface area contributed by atoms with E-state index in [9.17, 15) is 14.4 Å². The molecule has 1 fully saturated rings. The second kappa shape index (κ2) is 9.21. The van der Waals surface area contributed by atoms with Gasteiger partial charge in [0.2, 0.25) is 0 Å². The molecule has 2 heterocycles. The molecule has 2 aromatic heterocycles. The van der Waals surface area contributed by atoms with Crippen LogP contribution >= 0.6 is 0 Å². The molecule has 8 heteroatoms. The van der Waals surface area contributed by atoms with Crippen molar-refractivity contribution in [2.24, 2.45) is 5.92 Å². The Morgan fingerprint density at radius 2 is 2.03 bits per heavy atom. The lowest BCUT2D eigenvalue weighted by Crippen LogP contribution is -2.35. The number of rotatable bonds is 8. The molecule has 0 radical (unpaired) electrons. The Bertz CT molecular complexity index is 1300. The highest BCUT2D eigenvalue weighted by Gasteiger charge is 2.29. The number of amides is 1. The third-order valence-electron chi connectivity index (χ3n) is 5.77. The molecule has 3 aromatic rings. The number of aromatic amines is 1. The van der Waals surface area contributed by atoms with E-state index in [-0.39, 0.29) is 34.3 Å². The van der Waals surface area contributed by atoms with Crippen LogP contribution in [0.1, 0.15) is 54.2 Å². The quantitative estimate of drug-likeness (QED) is 0.569. The lowest BCUT2D eigenvalue weighted by molar-refractivity contribution is 0.0775. The highest BCUT2D eigenvalue weighted by atomic mass is 16.5. The summed E-state index contributed by atoms with van der Waals surface area (Å²) < 4.78 is 7.26. The van der Waals surface area contributed by atoms with Crippen LogP contribution in [0.5, 0.6) is 5.75 Å². The van der Waals surface area contributed by atoms with Gasteiger partial charge >= 0.3 is 5.69 Å². The third kappa shape index (κ3) is 4.99. The average molecular weight is 451 g/mol. The number of nitrogens with one attached hydrogen (secondary N) is 1. The first-order valence-corrected chi connectivity index (χ1v) is 11.4. The van der Waals surface area contributed by atoms with Gasteiger partial charge in [0, 0.05) is 25.2 Å². The van der Waals surface area contributed by atoms with Gasteiger partial charge < -0.3 is 9.64 Å². The van der Waals surface area contributed by atoms with Gasteiger partial charge in [-0.2, -0.15) is 0 Å². The van der Waals surface area contributed by atoms with Crippen LogP contribution in [0.3, 0.4) is 0 Å². The summed E-state index contributed by atoms with van der Waals surface area (Å²) >= 11 is 0. The fourth-order valence-electron chi connectivity index (χ4n) is 3.90. The number of carbonyl (C=O) groups excluding carboxylic acids is 1. The van der Waals surface area contributed by atoms with Crippen LogP contribution in [0.25, 0.3) is 11.0 Å². The van der Waals surface area contributed by atoms with Gasteiger partial charge in [-0.25, -0.2) is 9.78 Å². The van der Waals surface area contributed by atoms with Crippen molar-refractivity contribution in [3.63, 3.8) is 0 Å². The van der Waals surface area contributed by atoms with Crippen LogP contribution in [0.15, 0.2) is 39.9 Å². The summed E-state index contributed by atoms with van der Waals surface area (Å²) in [6.07, 6.45) is 1.98. The SMILES string of the molecule is Cc1cccc(OCCN(C)C(=O)c2cc(C3CC3)nc3c2c(=O)[nH]c(=O)n3CC(C)C)c1. The van der Waals surface area contributed by atoms with E-state index in [4.69, 9.17) is 4.74 Å². The lowest BCUT2D eigenvalue weighted by atomic mass is 10.1. The van der Waals surface area contributed by atoms with E-state index in [0.29, 0.717) is 19.7 Å². The fraction of sp³-hybridized carbons (Fsp3) is 0.440. The topological polar surface area (TPSA) is 97.3 Å².